The summed E-state index contributed by atoms with van der Waals surface area (Å²) < 4.78 is 0. The number of para-hydroxylation sites is 1. The van der Waals surface area contributed by atoms with Crippen molar-refractivity contribution in [3.05, 3.63) is 29.8 Å². The zero-order chi connectivity index (χ0) is 17.2. The van der Waals surface area contributed by atoms with Gasteiger partial charge in [0.1, 0.15) is 0 Å². The molecule has 1 aliphatic carbocycles. The van der Waals surface area contributed by atoms with Crippen LogP contribution in [0.25, 0.3) is 0 Å². The Morgan fingerprint density at radius 2 is 1.83 bits per heavy atom. The minimum absolute atomic E-state index is 0.0136. The minimum Gasteiger partial charge on any atom is -0.368 e. The second kappa shape index (κ2) is 4.82. The van der Waals surface area contributed by atoms with Crippen LogP contribution in [0, 0.1) is 5.41 Å². The fourth-order valence-electron chi connectivity index (χ4n) is 5.10. The summed E-state index contributed by atoms with van der Waals surface area (Å²) in [6.45, 7) is 4.55. The second-order valence-electron chi connectivity index (χ2n) is 8.45. The number of carbonyl (C=O) groups excluding carboxylic acids is 2. The highest BCUT2D eigenvalue weighted by Gasteiger charge is 2.67. The van der Waals surface area contributed by atoms with Gasteiger partial charge in [-0.1, -0.05) is 32.0 Å². The number of benzene rings is 1. The lowest BCUT2D eigenvalue weighted by atomic mass is 9.57. The molecule has 4 N–H and O–H groups in total. The molecule has 5 heteroatoms. The first-order valence-electron chi connectivity index (χ1n) is 8.78. The van der Waals surface area contributed by atoms with E-state index in [0.29, 0.717) is 6.42 Å². The highest BCUT2D eigenvalue weighted by atomic mass is 16.2. The number of amides is 2. The van der Waals surface area contributed by atoms with Gasteiger partial charge in [0.25, 0.3) is 0 Å². The molecular formula is C19H25N3O2. The number of carbonyl (C=O) groups is 2. The van der Waals surface area contributed by atoms with Gasteiger partial charge in [-0.3, -0.25) is 14.9 Å². The van der Waals surface area contributed by atoms with Gasteiger partial charge in [-0.25, -0.2) is 0 Å². The van der Waals surface area contributed by atoms with Crippen LogP contribution < -0.4 is 16.4 Å². The van der Waals surface area contributed by atoms with Crippen LogP contribution >= 0.6 is 0 Å². The normalized spacial score (nSPS) is 32.8. The van der Waals surface area contributed by atoms with Crippen molar-refractivity contribution < 1.29 is 9.59 Å². The van der Waals surface area contributed by atoms with E-state index >= 15 is 0 Å². The zero-order valence-corrected chi connectivity index (χ0v) is 14.3. The van der Waals surface area contributed by atoms with Crippen LogP contribution in [0.2, 0.25) is 0 Å². The lowest BCUT2D eigenvalue weighted by Gasteiger charge is -2.49. The third-order valence-electron chi connectivity index (χ3n) is 6.60. The minimum atomic E-state index is -0.695. The molecule has 128 valence electrons. The van der Waals surface area contributed by atoms with E-state index < -0.39 is 11.5 Å². The number of anilines is 1. The van der Waals surface area contributed by atoms with Crippen LogP contribution in [0.15, 0.2) is 24.3 Å². The Morgan fingerprint density at radius 3 is 2.50 bits per heavy atom. The summed E-state index contributed by atoms with van der Waals surface area (Å²) in [6, 6.07) is 7.42. The molecule has 2 aliphatic heterocycles. The fraction of sp³-hybridized carbons (Fsp3) is 0.579. The Balaban J connectivity index is 1.86. The number of primary amides is 1. The lowest BCUT2D eigenvalue weighted by molar-refractivity contribution is -0.123. The van der Waals surface area contributed by atoms with Crippen LogP contribution in [0.1, 0.15) is 51.5 Å². The quantitative estimate of drug-likeness (QED) is 0.738. The number of nitrogens with one attached hydrogen (secondary N) is 2. The van der Waals surface area contributed by atoms with Crippen LogP contribution in [-0.2, 0) is 15.0 Å². The molecule has 2 heterocycles. The SMILES string of the molecule is CC1(C)CCC2(CC1)NC(C(N)=O)CC21C(=O)Nc2ccccc21. The van der Waals surface area contributed by atoms with Crippen LogP contribution in [0.5, 0.6) is 0 Å². The van der Waals surface area contributed by atoms with E-state index in [-0.39, 0.29) is 22.8 Å². The first-order valence-corrected chi connectivity index (χ1v) is 8.78. The van der Waals surface area contributed by atoms with Crippen LogP contribution in [0.4, 0.5) is 5.69 Å². The zero-order valence-electron chi connectivity index (χ0n) is 14.3. The standard InChI is InChI=1S/C19H25N3O2/c1-17(2)7-9-18(10-8-17)19(11-14(22-18)15(20)23)12-5-3-4-6-13(12)21-16(19)24/h3-6,14,22H,7-11H2,1-2H3,(H2,20,23)(H,21,24). The molecule has 1 saturated carbocycles. The molecule has 1 aromatic carbocycles. The van der Waals surface area contributed by atoms with E-state index in [1.165, 1.54) is 0 Å². The Kier molecular flexibility index (Phi) is 3.14. The molecule has 2 fully saturated rings. The number of hydrogen-bond donors (Lipinski definition) is 3. The summed E-state index contributed by atoms with van der Waals surface area (Å²) in [5.74, 6) is -0.354. The Bertz CT molecular complexity index is 717. The second-order valence-corrected chi connectivity index (χ2v) is 8.45. The summed E-state index contributed by atoms with van der Waals surface area (Å²) >= 11 is 0. The maximum atomic E-state index is 13.2. The summed E-state index contributed by atoms with van der Waals surface area (Å²) in [7, 11) is 0. The highest BCUT2D eigenvalue weighted by Crippen LogP contribution is 2.58. The smallest absolute Gasteiger partial charge is 0.237 e. The maximum Gasteiger partial charge on any atom is 0.237 e. The van der Waals surface area contributed by atoms with E-state index in [4.69, 9.17) is 5.73 Å². The summed E-state index contributed by atoms with van der Waals surface area (Å²) in [6.07, 6.45) is 4.27. The molecule has 2 spiro atoms. The van der Waals surface area contributed by atoms with Gasteiger partial charge >= 0.3 is 0 Å². The largest absolute Gasteiger partial charge is 0.368 e. The summed E-state index contributed by atoms with van der Waals surface area (Å²) in [5.41, 5.74) is 6.70. The molecule has 0 bridgehead atoms. The van der Waals surface area contributed by atoms with E-state index in [9.17, 15) is 9.59 Å². The van der Waals surface area contributed by atoms with Crippen LogP contribution in [-0.4, -0.2) is 23.4 Å². The van der Waals surface area contributed by atoms with Gasteiger partial charge in [0.05, 0.1) is 11.5 Å². The Labute approximate surface area is 142 Å². The molecule has 24 heavy (non-hydrogen) atoms. The molecule has 4 rings (SSSR count). The molecule has 2 atom stereocenters. The molecule has 1 aromatic rings. The fourth-order valence-corrected chi connectivity index (χ4v) is 5.10. The van der Waals surface area contributed by atoms with Gasteiger partial charge in [0, 0.05) is 11.2 Å². The lowest BCUT2D eigenvalue weighted by Crippen LogP contribution is -2.60. The van der Waals surface area contributed by atoms with Gasteiger partial charge < -0.3 is 11.1 Å². The summed E-state index contributed by atoms with van der Waals surface area (Å²) in [5, 5.41) is 6.56. The van der Waals surface area contributed by atoms with Crippen molar-refractivity contribution in [2.45, 2.75) is 62.9 Å². The van der Waals surface area contributed by atoms with E-state index in [0.717, 1.165) is 36.9 Å². The van der Waals surface area contributed by atoms with E-state index in [2.05, 4.69) is 24.5 Å². The average molecular weight is 327 g/mol. The third kappa shape index (κ3) is 1.91. The number of fused-ring (bicyclic) bond motifs is 3. The van der Waals surface area contributed by atoms with Crippen molar-refractivity contribution in [1.82, 2.24) is 5.32 Å². The molecule has 0 aromatic heterocycles. The van der Waals surface area contributed by atoms with E-state index in [1.54, 1.807) is 0 Å². The summed E-state index contributed by atoms with van der Waals surface area (Å²) in [4.78, 5) is 25.1. The molecular weight excluding hydrogens is 302 g/mol. The predicted octanol–water partition coefficient (Wildman–Crippen LogP) is 2.06. The third-order valence-corrected chi connectivity index (χ3v) is 6.60. The van der Waals surface area contributed by atoms with Crippen molar-refractivity contribution in [2.75, 3.05) is 5.32 Å². The van der Waals surface area contributed by atoms with Gasteiger partial charge in [0.2, 0.25) is 11.8 Å². The molecule has 5 nitrogen and oxygen atoms in total. The predicted molar refractivity (Wildman–Crippen MR) is 92.5 cm³/mol. The maximum absolute atomic E-state index is 13.2. The van der Waals surface area contributed by atoms with Gasteiger partial charge in [-0.2, -0.15) is 0 Å². The van der Waals surface area contributed by atoms with Crippen molar-refractivity contribution in [2.24, 2.45) is 11.1 Å². The van der Waals surface area contributed by atoms with Crippen molar-refractivity contribution in [1.29, 1.82) is 0 Å². The highest BCUT2D eigenvalue weighted by molar-refractivity contribution is 6.08. The first-order chi connectivity index (χ1) is 11.3. The Morgan fingerprint density at radius 1 is 1.17 bits per heavy atom. The van der Waals surface area contributed by atoms with Crippen molar-refractivity contribution in [3.8, 4) is 0 Å². The molecule has 2 amide bonds. The van der Waals surface area contributed by atoms with E-state index in [1.807, 2.05) is 24.3 Å². The number of rotatable bonds is 1. The Hall–Kier alpha value is -1.88. The first kappa shape index (κ1) is 15.6. The monoisotopic (exact) mass is 327 g/mol. The topological polar surface area (TPSA) is 84.2 Å². The average Bonchev–Trinajstić information content (AvgIpc) is 3.02. The molecule has 0 radical (unpaired) electrons. The van der Waals surface area contributed by atoms with Crippen molar-refractivity contribution in [3.63, 3.8) is 0 Å². The van der Waals surface area contributed by atoms with Crippen LogP contribution in [0.3, 0.4) is 0 Å². The molecule has 2 unspecified atom stereocenters. The number of nitrogens with two attached hydrogens (primary N) is 1. The van der Waals surface area contributed by atoms with Crippen molar-refractivity contribution >= 4 is 17.5 Å². The van der Waals surface area contributed by atoms with Gasteiger partial charge in [-0.15, -0.1) is 0 Å². The van der Waals surface area contributed by atoms with Gasteiger partial charge in [0.15, 0.2) is 0 Å². The molecule has 3 aliphatic rings. The molecule has 1 saturated heterocycles. The number of hydrogen-bond acceptors (Lipinski definition) is 3. The van der Waals surface area contributed by atoms with Gasteiger partial charge in [-0.05, 0) is 49.1 Å².